The number of pyridine rings is 1. The standard InChI is InChI=1S/C13H17N5/c14-7-6-13(4-1-5-13)11-2-3-12(16-8-11)18-10-15-9-17-18/h2-3,8-10H,1,4-7,14H2. The van der Waals surface area contributed by atoms with E-state index in [4.69, 9.17) is 5.73 Å². The zero-order valence-corrected chi connectivity index (χ0v) is 10.3. The predicted octanol–water partition coefficient (Wildman–Crippen LogP) is 1.43. The van der Waals surface area contributed by atoms with E-state index in [-0.39, 0.29) is 5.41 Å². The van der Waals surface area contributed by atoms with Crippen LogP contribution in [0.2, 0.25) is 0 Å². The number of aromatic nitrogens is 4. The van der Waals surface area contributed by atoms with Crippen molar-refractivity contribution in [3.05, 3.63) is 36.5 Å². The molecule has 5 nitrogen and oxygen atoms in total. The van der Waals surface area contributed by atoms with E-state index in [2.05, 4.69) is 21.1 Å². The Morgan fingerprint density at radius 2 is 2.22 bits per heavy atom. The Balaban J connectivity index is 1.87. The summed E-state index contributed by atoms with van der Waals surface area (Å²) in [6, 6.07) is 4.15. The smallest absolute Gasteiger partial charge is 0.155 e. The number of hydrogen-bond donors (Lipinski definition) is 1. The Bertz CT molecular complexity index is 499. The van der Waals surface area contributed by atoms with Crippen molar-refractivity contribution in [3.8, 4) is 5.82 Å². The van der Waals surface area contributed by atoms with Crippen molar-refractivity contribution in [1.82, 2.24) is 19.7 Å². The number of nitrogens with zero attached hydrogens (tertiary/aromatic N) is 4. The molecule has 1 saturated carbocycles. The van der Waals surface area contributed by atoms with Gasteiger partial charge in [0.2, 0.25) is 0 Å². The molecule has 5 heteroatoms. The summed E-state index contributed by atoms with van der Waals surface area (Å²) in [5.74, 6) is 0.804. The van der Waals surface area contributed by atoms with Gasteiger partial charge in [0.25, 0.3) is 0 Å². The summed E-state index contributed by atoms with van der Waals surface area (Å²) in [6.07, 6.45) is 9.94. The summed E-state index contributed by atoms with van der Waals surface area (Å²) in [7, 11) is 0. The van der Waals surface area contributed by atoms with Crippen LogP contribution in [0.25, 0.3) is 5.82 Å². The molecule has 94 valence electrons. The molecule has 1 aliphatic carbocycles. The highest BCUT2D eigenvalue weighted by molar-refractivity contribution is 5.31. The summed E-state index contributed by atoms with van der Waals surface area (Å²) in [5.41, 5.74) is 7.31. The first-order valence-corrected chi connectivity index (χ1v) is 6.36. The summed E-state index contributed by atoms with van der Waals surface area (Å²) in [5, 5.41) is 4.07. The maximum absolute atomic E-state index is 5.73. The van der Waals surface area contributed by atoms with E-state index < -0.39 is 0 Å². The Labute approximate surface area is 106 Å². The fourth-order valence-corrected chi connectivity index (χ4v) is 2.72. The monoisotopic (exact) mass is 243 g/mol. The number of rotatable bonds is 4. The first-order chi connectivity index (χ1) is 8.84. The van der Waals surface area contributed by atoms with Crippen LogP contribution in [0.15, 0.2) is 31.0 Å². The third-order valence-corrected chi connectivity index (χ3v) is 3.95. The molecule has 0 unspecified atom stereocenters. The highest BCUT2D eigenvalue weighted by atomic mass is 15.3. The van der Waals surface area contributed by atoms with Crippen LogP contribution in [0.1, 0.15) is 31.2 Å². The summed E-state index contributed by atoms with van der Waals surface area (Å²) in [6.45, 7) is 0.741. The van der Waals surface area contributed by atoms with Crippen LogP contribution in [0.5, 0.6) is 0 Å². The predicted molar refractivity (Wildman–Crippen MR) is 68.4 cm³/mol. The molecule has 0 aromatic carbocycles. The van der Waals surface area contributed by atoms with Gasteiger partial charge in [-0.25, -0.2) is 14.6 Å². The van der Waals surface area contributed by atoms with Gasteiger partial charge in [-0.2, -0.15) is 5.10 Å². The third-order valence-electron chi connectivity index (χ3n) is 3.95. The lowest BCUT2D eigenvalue weighted by Crippen LogP contribution is -2.36. The highest BCUT2D eigenvalue weighted by Crippen LogP contribution is 2.45. The molecule has 0 amide bonds. The van der Waals surface area contributed by atoms with E-state index in [1.807, 2.05) is 12.3 Å². The van der Waals surface area contributed by atoms with E-state index in [0.29, 0.717) is 0 Å². The van der Waals surface area contributed by atoms with Crippen LogP contribution >= 0.6 is 0 Å². The quantitative estimate of drug-likeness (QED) is 0.882. The number of hydrogen-bond acceptors (Lipinski definition) is 4. The SMILES string of the molecule is NCCC1(c2ccc(-n3cncn3)nc2)CCC1. The van der Waals surface area contributed by atoms with Gasteiger partial charge in [0.1, 0.15) is 12.7 Å². The molecule has 3 rings (SSSR count). The Morgan fingerprint density at radius 3 is 2.72 bits per heavy atom. The Morgan fingerprint density at radius 1 is 1.33 bits per heavy atom. The highest BCUT2D eigenvalue weighted by Gasteiger charge is 2.37. The van der Waals surface area contributed by atoms with Crippen molar-refractivity contribution in [2.45, 2.75) is 31.1 Å². The van der Waals surface area contributed by atoms with Crippen LogP contribution in [0, 0.1) is 0 Å². The Hall–Kier alpha value is -1.75. The van der Waals surface area contributed by atoms with E-state index in [1.165, 1.54) is 31.2 Å². The molecule has 0 aliphatic heterocycles. The molecule has 2 heterocycles. The van der Waals surface area contributed by atoms with Gasteiger partial charge in [-0.1, -0.05) is 12.5 Å². The Kier molecular flexibility index (Phi) is 2.83. The van der Waals surface area contributed by atoms with Crippen molar-refractivity contribution in [1.29, 1.82) is 0 Å². The second-order valence-corrected chi connectivity index (χ2v) is 4.92. The minimum atomic E-state index is 0.280. The van der Waals surface area contributed by atoms with Crippen LogP contribution < -0.4 is 5.73 Å². The van der Waals surface area contributed by atoms with E-state index in [1.54, 1.807) is 11.0 Å². The molecule has 0 spiro atoms. The van der Waals surface area contributed by atoms with Crippen molar-refractivity contribution in [3.63, 3.8) is 0 Å². The van der Waals surface area contributed by atoms with Crippen LogP contribution in [0.4, 0.5) is 0 Å². The van der Waals surface area contributed by atoms with Crippen molar-refractivity contribution < 1.29 is 0 Å². The average molecular weight is 243 g/mol. The lowest BCUT2D eigenvalue weighted by atomic mass is 9.63. The summed E-state index contributed by atoms with van der Waals surface area (Å²) in [4.78, 5) is 8.39. The minimum absolute atomic E-state index is 0.280. The molecular formula is C13H17N5. The van der Waals surface area contributed by atoms with Gasteiger partial charge in [-0.05, 0) is 42.9 Å². The van der Waals surface area contributed by atoms with Crippen molar-refractivity contribution in [2.24, 2.45) is 5.73 Å². The summed E-state index contributed by atoms with van der Waals surface area (Å²) < 4.78 is 1.67. The molecule has 0 saturated heterocycles. The minimum Gasteiger partial charge on any atom is -0.330 e. The normalized spacial score (nSPS) is 17.4. The molecule has 1 fully saturated rings. The summed E-state index contributed by atoms with van der Waals surface area (Å²) >= 11 is 0. The fraction of sp³-hybridized carbons (Fsp3) is 0.462. The lowest BCUT2D eigenvalue weighted by Gasteiger charge is -2.42. The fourth-order valence-electron chi connectivity index (χ4n) is 2.72. The van der Waals surface area contributed by atoms with E-state index >= 15 is 0 Å². The maximum atomic E-state index is 5.73. The molecule has 2 N–H and O–H groups in total. The second-order valence-electron chi connectivity index (χ2n) is 4.92. The largest absolute Gasteiger partial charge is 0.330 e. The molecule has 0 atom stereocenters. The van der Waals surface area contributed by atoms with Crippen molar-refractivity contribution >= 4 is 0 Å². The molecule has 0 radical (unpaired) electrons. The van der Waals surface area contributed by atoms with E-state index in [0.717, 1.165) is 18.8 Å². The van der Waals surface area contributed by atoms with Gasteiger partial charge in [0.15, 0.2) is 5.82 Å². The van der Waals surface area contributed by atoms with Crippen molar-refractivity contribution in [2.75, 3.05) is 6.54 Å². The zero-order valence-electron chi connectivity index (χ0n) is 10.3. The zero-order chi connectivity index (χ0) is 12.4. The lowest BCUT2D eigenvalue weighted by molar-refractivity contribution is 0.229. The molecule has 2 aromatic heterocycles. The molecule has 2 aromatic rings. The topological polar surface area (TPSA) is 69.6 Å². The van der Waals surface area contributed by atoms with Gasteiger partial charge < -0.3 is 5.73 Å². The molecular weight excluding hydrogens is 226 g/mol. The second kappa shape index (κ2) is 4.49. The first-order valence-electron chi connectivity index (χ1n) is 6.36. The van der Waals surface area contributed by atoms with Crippen LogP contribution in [-0.4, -0.2) is 26.3 Å². The van der Waals surface area contributed by atoms with Gasteiger partial charge in [0.05, 0.1) is 0 Å². The van der Waals surface area contributed by atoms with Crippen LogP contribution in [-0.2, 0) is 5.41 Å². The third kappa shape index (κ3) is 1.80. The maximum Gasteiger partial charge on any atom is 0.155 e. The van der Waals surface area contributed by atoms with Gasteiger partial charge in [0, 0.05) is 6.20 Å². The molecule has 0 bridgehead atoms. The van der Waals surface area contributed by atoms with Crippen LogP contribution in [0.3, 0.4) is 0 Å². The molecule has 18 heavy (non-hydrogen) atoms. The molecule has 1 aliphatic rings. The van der Waals surface area contributed by atoms with E-state index in [9.17, 15) is 0 Å². The van der Waals surface area contributed by atoms with Gasteiger partial charge >= 0.3 is 0 Å². The van der Waals surface area contributed by atoms with Gasteiger partial charge in [-0.15, -0.1) is 0 Å². The number of nitrogens with two attached hydrogens (primary N) is 1. The first kappa shape index (κ1) is 11.3. The van der Waals surface area contributed by atoms with Gasteiger partial charge in [-0.3, -0.25) is 0 Å². The average Bonchev–Trinajstić information content (AvgIpc) is 2.88.